The summed E-state index contributed by atoms with van der Waals surface area (Å²) in [7, 11) is 0. The highest BCUT2D eigenvalue weighted by Crippen LogP contribution is 2.21. The first-order valence-electron chi connectivity index (χ1n) is 7.50. The van der Waals surface area contributed by atoms with Gasteiger partial charge in [-0.1, -0.05) is 29.4 Å². The summed E-state index contributed by atoms with van der Waals surface area (Å²) in [6.07, 6.45) is 0. The zero-order valence-electron chi connectivity index (χ0n) is 13.3. The van der Waals surface area contributed by atoms with E-state index in [-0.39, 0.29) is 11.7 Å². The summed E-state index contributed by atoms with van der Waals surface area (Å²) in [5, 5.41) is 6.73. The van der Waals surface area contributed by atoms with Gasteiger partial charge in [0.25, 0.3) is 5.91 Å². The number of amides is 1. The predicted molar refractivity (Wildman–Crippen MR) is 86.8 cm³/mol. The van der Waals surface area contributed by atoms with Crippen LogP contribution in [0.4, 0.5) is 4.39 Å². The quantitative estimate of drug-likeness (QED) is 0.794. The highest BCUT2D eigenvalue weighted by Gasteiger charge is 2.18. The number of benzene rings is 2. The van der Waals surface area contributed by atoms with Crippen molar-refractivity contribution in [2.75, 3.05) is 0 Å². The number of nitrogens with zero attached hydrogens (tertiary/aromatic N) is 2. The van der Waals surface area contributed by atoms with Crippen molar-refractivity contribution in [3.63, 3.8) is 0 Å². The van der Waals surface area contributed by atoms with E-state index in [0.717, 1.165) is 11.1 Å². The lowest BCUT2D eigenvalue weighted by Gasteiger charge is -2.09. The fourth-order valence-corrected chi connectivity index (χ4v) is 2.29. The van der Waals surface area contributed by atoms with Gasteiger partial charge in [-0.15, -0.1) is 0 Å². The molecule has 1 atom stereocenters. The summed E-state index contributed by atoms with van der Waals surface area (Å²) in [5.74, 6) is 0.0622. The van der Waals surface area contributed by atoms with E-state index in [4.69, 9.17) is 4.52 Å². The van der Waals surface area contributed by atoms with E-state index in [1.165, 1.54) is 24.3 Å². The average molecular weight is 325 g/mol. The third kappa shape index (κ3) is 3.32. The van der Waals surface area contributed by atoms with E-state index in [1.54, 1.807) is 6.92 Å². The number of rotatable bonds is 4. The van der Waals surface area contributed by atoms with Gasteiger partial charge >= 0.3 is 0 Å². The number of halogens is 1. The summed E-state index contributed by atoms with van der Waals surface area (Å²) in [6.45, 7) is 3.71. The van der Waals surface area contributed by atoms with Crippen molar-refractivity contribution in [1.29, 1.82) is 0 Å². The Kier molecular flexibility index (Phi) is 4.37. The Labute approximate surface area is 138 Å². The van der Waals surface area contributed by atoms with Gasteiger partial charge in [0.15, 0.2) is 0 Å². The van der Waals surface area contributed by atoms with Crippen LogP contribution >= 0.6 is 0 Å². The standard InChI is InChI=1S/C18H16FN3O2/c1-11-5-3-4-6-15(11)16-21-18(24-22-16)12(2)20-17(23)13-7-9-14(19)10-8-13/h3-10,12H,1-2H3,(H,20,23)/t12-/m0/s1. The van der Waals surface area contributed by atoms with Gasteiger partial charge in [-0.3, -0.25) is 4.79 Å². The van der Waals surface area contributed by atoms with Gasteiger partial charge in [0.05, 0.1) is 0 Å². The van der Waals surface area contributed by atoms with Crippen molar-refractivity contribution in [3.05, 3.63) is 71.4 Å². The topological polar surface area (TPSA) is 68.0 Å². The van der Waals surface area contributed by atoms with Crippen molar-refractivity contribution in [1.82, 2.24) is 15.5 Å². The molecule has 1 amide bonds. The van der Waals surface area contributed by atoms with E-state index in [9.17, 15) is 9.18 Å². The zero-order valence-corrected chi connectivity index (χ0v) is 13.3. The SMILES string of the molecule is Cc1ccccc1-c1noc([C@H](C)NC(=O)c2ccc(F)cc2)n1. The largest absolute Gasteiger partial charge is 0.341 e. The van der Waals surface area contributed by atoms with Gasteiger partial charge in [0.2, 0.25) is 11.7 Å². The molecule has 122 valence electrons. The third-order valence-corrected chi connectivity index (χ3v) is 3.65. The maximum atomic E-state index is 12.9. The van der Waals surface area contributed by atoms with Gasteiger partial charge in [-0.05, 0) is 43.7 Å². The van der Waals surface area contributed by atoms with Crippen molar-refractivity contribution in [2.45, 2.75) is 19.9 Å². The van der Waals surface area contributed by atoms with Crippen LogP contribution in [0.3, 0.4) is 0 Å². The van der Waals surface area contributed by atoms with E-state index in [2.05, 4.69) is 15.5 Å². The number of carbonyl (C=O) groups excluding carboxylic acids is 1. The number of aromatic nitrogens is 2. The van der Waals surface area contributed by atoms with E-state index in [0.29, 0.717) is 17.3 Å². The van der Waals surface area contributed by atoms with Gasteiger partial charge < -0.3 is 9.84 Å². The Balaban J connectivity index is 1.74. The molecular formula is C18H16FN3O2. The second-order valence-corrected chi connectivity index (χ2v) is 5.47. The fourth-order valence-electron chi connectivity index (χ4n) is 2.29. The molecule has 0 aliphatic rings. The molecule has 3 aromatic rings. The van der Waals surface area contributed by atoms with Gasteiger partial charge in [0.1, 0.15) is 11.9 Å². The number of carbonyl (C=O) groups is 1. The lowest BCUT2D eigenvalue weighted by Crippen LogP contribution is -2.26. The molecule has 0 fully saturated rings. The second-order valence-electron chi connectivity index (χ2n) is 5.47. The summed E-state index contributed by atoms with van der Waals surface area (Å²) in [6, 6.07) is 12.6. The maximum Gasteiger partial charge on any atom is 0.251 e. The second kappa shape index (κ2) is 6.62. The molecular weight excluding hydrogens is 309 g/mol. The van der Waals surface area contributed by atoms with Crippen molar-refractivity contribution in [2.24, 2.45) is 0 Å². The molecule has 5 nitrogen and oxygen atoms in total. The highest BCUT2D eigenvalue weighted by molar-refractivity contribution is 5.94. The molecule has 0 spiro atoms. The minimum absolute atomic E-state index is 0.309. The molecule has 1 heterocycles. The monoisotopic (exact) mass is 325 g/mol. The van der Waals surface area contributed by atoms with Crippen LogP contribution < -0.4 is 5.32 Å². The van der Waals surface area contributed by atoms with Gasteiger partial charge in [-0.2, -0.15) is 4.98 Å². The van der Waals surface area contributed by atoms with Crippen LogP contribution in [0.25, 0.3) is 11.4 Å². The molecule has 24 heavy (non-hydrogen) atoms. The lowest BCUT2D eigenvalue weighted by molar-refractivity contribution is 0.0932. The van der Waals surface area contributed by atoms with Crippen molar-refractivity contribution >= 4 is 5.91 Å². The maximum absolute atomic E-state index is 12.9. The predicted octanol–water partition coefficient (Wildman–Crippen LogP) is 3.68. The Morgan fingerprint density at radius 2 is 1.88 bits per heavy atom. The molecule has 6 heteroatoms. The number of hydrogen-bond donors (Lipinski definition) is 1. The molecule has 0 unspecified atom stereocenters. The molecule has 1 N–H and O–H groups in total. The zero-order chi connectivity index (χ0) is 17.1. The summed E-state index contributed by atoms with van der Waals surface area (Å²) in [5.41, 5.74) is 2.28. The molecule has 2 aromatic carbocycles. The summed E-state index contributed by atoms with van der Waals surface area (Å²) < 4.78 is 18.2. The van der Waals surface area contributed by atoms with Gasteiger partial charge in [0, 0.05) is 11.1 Å². The Hall–Kier alpha value is -3.02. The van der Waals surface area contributed by atoms with Crippen molar-refractivity contribution < 1.29 is 13.7 Å². The summed E-state index contributed by atoms with van der Waals surface area (Å²) in [4.78, 5) is 16.5. The first kappa shape index (κ1) is 15.9. The van der Waals surface area contributed by atoms with E-state index in [1.807, 2.05) is 31.2 Å². The fraction of sp³-hybridized carbons (Fsp3) is 0.167. The molecule has 0 bridgehead atoms. The van der Waals surface area contributed by atoms with Crippen LogP contribution in [-0.2, 0) is 0 Å². The molecule has 0 aliphatic heterocycles. The minimum Gasteiger partial charge on any atom is -0.341 e. The number of hydrogen-bond acceptors (Lipinski definition) is 4. The number of nitrogens with one attached hydrogen (secondary N) is 1. The first-order valence-corrected chi connectivity index (χ1v) is 7.50. The minimum atomic E-state index is -0.465. The van der Waals surface area contributed by atoms with Crippen LogP contribution in [0.15, 0.2) is 53.1 Å². The summed E-state index contributed by atoms with van der Waals surface area (Å²) >= 11 is 0. The van der Waals surface area contributed by atoms with Crippen LogP contribution in [0, 0.1) is 12.7 Å². The van der Waals surface area contributed by atoms with Crippen molar-refractivity contribution in [3.8, 4) is 11.4 Å². The first-order chi connectivity index (χ1) is 11.5. The van der Waals surface area contributed by atoms with Crippen LogP contribution in [0.1, 0.15) is 34.8 Å². The Morgan fingerprint density at radius 3 is 2.58 bits per heavy atom. The molecule has 3 rings (SSSR count). The van der Waals surface area contributed by atoms with E-state index >= 15 is 0 Å². The molecule has 0 radical (unpaired) electrons. The van der Waals surface area contributed by atoms with Gasteiger partial charge in [-0.25, -0.2) is 4.39 Å². The molecule has 0 saturated carbocycles. The highest BCUT2D eigenvalue weighted by atomic mass is 19.1. The average Bonchev–Trinajstić information content (AvgIpc) is 3.05. The molecule has 0 aliphatic carbocycles. The lowest BCUT2D eigenvalue weighted by atomic mass is 10.1. The smallest absolute Gasteiger partial charge is 0.251 e. The van der Waals surface area contributed by atoms with E-state index < -0.39 is 6.04 Å². The van der Waals surface area contributed by atoms with Crippen LogP contribution in [-0.4, -0.2) is 16.0 Å². The molecule has 1 aromatic heterocycles. The third-order valence-electron chi connectivity index (χ3n) is 3.65. The van der Waals surface area contributed by atoms with Crippen LogP contribution in [0.2, 0.25) is 0 Å². The number of aryl methyl sites for hydroxylation is 1. The Bertz CT molecular complexity index is 859. The normalized spacial score (nSPS) is 12.0. The van der Waals surface area contributed by atoms with Crippen LogP contribution in [0.5, 0.6) is 0 Å². The molecule has 0 saturated heterocycles. The Morgan fingerprint density at radius 1 is 1.17 bits per heavy atom.